The summed E-state index contributed by atoms with van der Waals surface area (Å²) in [6.07, 6.45) is 2.68. The quantitative estimate of drug-likeness (QED) is 0.436. The molecule has 150 valence electrons. The van der Waals surface area contributed by atoms with Crippen molar-refractivity contribution in [2.24, 2.45) is 0 Å². The van der Waals surface area contributed by atoms with Gasteiger partial charge in [-0.05, 0) is 24.3 Å². The number of hydrogen-bond donors (Lipinski definition) is 2. The van der Waals surface area contributed by atoms with Crippen LogP contribution in [-0.4, -0.2) is 35.9 Å². The molecule has 3 aromatic rings. The van der Waals surface area contributed by atoms with Crippen molar-refractivity contribution < 1.29 is 22.9 Å². The number of nitrogens with one attached hydrogen (secondary N) is 2. The van der Waals surface area contributed by atoms with E-state index in [1.807, 2.05) is 10.9 Å². The van der Waals surface area contributed by atoms with Crippen LogP contribution in [0.25, 0.3) is 5.69 Å². The molecule has 2 N–H and O–H groups in total. The van der Waals surface area contributed by atoms with E-state index in [0.717, 1.165) is 18.2 Å². The zero-order chi connectivity index (χ0) is 21.0. The smallest absolute Gasteiger partial charge is 0.312 e. The van der Waals surface area contributed by atoms with Crippen molar-refractivity contribution in [3.8, 4) is 11.4 Å². The molecule has 2 aromatic carbocycles. The molecule has 0 atom stereocenters. The minimum atomic E-state index is -4.28. The molecule has 1 aromatic heterocycles. The number of methoxy groups -OCH3 is 1. The molecule has 0 spiro atoms. The highest BCUT2D eigenvalue weighted by atomic mass is 32.2. The Kier molecular flexibility index (Phi) is 5.57. The van der Waals surface area contributed by atoms with Gasteiger partial charge in [-0.15, -0.1) is 4.83 Å². The number of aromatic nitrogens is 2. The third-order valence-corrected chi connectivity index (χ3v) is 5.11. The van der Waals surface area contributed by atoms with Crippen molar-refractivity contribution >= 4 is 21.6 Å². The molecule has 0 aliphatic carbocycles. The number of hydrazine groups is 1. The molecule has 3 rings (SSSR count). The second-order valence-electron chi connectivity index (χ2n) is 5.63. The highest BCUT2D eigenvalue weighted by Crippen LogP contribution is 2.29. The van der Waals surface area contributed by atoms with Crippen LogP contribution in [0.1, 0.15) is 10.5 Å². The van der Waals surface area contributed by atoms with Gasteiger partial charge in [-0.2, -0.15) is 0 Å². The number of para-hydroxylation sites is 1. The van der Waals surface area contributed by atoms with Crippen LogP contribution in [0.15, 0.2) is 66.0 Å². The van der Waals surface area contributed by atoms with Gasteiger partial charge in [0.1, 0.15) is 5.69 Å². The maximum atomic E-state index is 12.4. The number of nitro groups is 1. The lowest BCUT2D eigenvalue weighted by molar-refractivity contribution is -0.386. The van der Waals surface area contributed by atoms with Gasteiger partial charge < -0.3 is 4.74 Å². The van der Waals surface area contributed by atoms with E-state index in [-0.39, 0.29) is 11.4 Å². The van der Waals surface area contributed by atoms with Crippen LogP contribution in [0.5, 0.6) is 5.75 Å². The molecular formula is C17H15N5O6S. The fourth-order valence-corrected chi connectivity index (χ4v) is 3.33. The Hall–Kier alpha value is -3.77. The Bertz CT molecular complexity index is 1160. The summed E-state index contributed by atoms with van der Waals surface area (Å²) in [7, 11) is -3.05. The summed E-state index contributed by atoms with van der Waals surface area (Å²) >= 11 is 0. The van der Waals surface area contributed by atoms with E-state index in [2.05, 4.69) is 10.4 Å². The van der Waals surface area contributed by atoms with Crippen LogP contribution >= 0.6 is 0 Å². The van der Waals surface area contributed by atoms with E-state index in [4.69, 9.17) is 4.74 Å². The average Bonchev–Trinajstić information content (AvgIpc) is 3.22. The van der Waals surface area contributed by atoms with Crippen LogP contribution in [0.3, 0.4) is 0 Å². The second-order valence-corrected chi connectivity index (χ2v) is 7.32. The third kappa shape index (κ3) is 4.23. The molecule has 0 saturated heterocycles. The van der Waals surface area contributed by atoms with Crippen LogP contribution in [0, 0.1) is 10.1 Å². The van der Waals surface area contributed by atoms with E-state index in [9.17, 15) is 23.3 Å². The Labute approximate surface area is 165 Å². The third-order valence-electron chi connectivity index (χ3n) is 3.86. The number of nitro benzene ring substituents is 1. The van der Waals surface area contributed by atoms with E-state index >= 15 is 0 Å². The standard InChI is InChI=1S/C17H15N5O6S/c1-28-16-8-7-13(9-14(16)22(24)25)29(26,27)20-19-17(23)15-10-18-11-21(15)12-5-3-2-4-6-12/h2-11,20H,1H3,(H,19,23). The van der Waals surface area contributed by atoms with Crippen LogP contribution in [0.4, 0.5) is 5.69 Å². The summed E-state index contributed by atoms with van der Waals surface area (Å²) in [6, 6.07) is 12.0. The van der Waals surface area contributed by atoms with Crippen molar-refractivity contribution in [1.29, 1.82) is 0 Å². The van der Waals surface area contributed by atoms with Crippen LogP contribution < -0.4 is 15.0 Å². The fraction of sp³-hybridized carbons (Fsp3) is 0.0588. The lowest BCUT2D eigenvalue weighted by Gasteiger charge is -2.11. The zero-order valence-electron chi connectivity index (χ0n) is 15.0. The summed E-state index contributed by atoms with van der Waals surface area (Å²) in [6.45, 7) is 0. The summed E-state index contributed by atoms with van der Waals surface area (Å²) in [5.74, 6) is -0.859. The Balaban J connectivity index is 1.80. The molecule has 0 bridgehead atoms. The number of hydrogen-bond acceptors (Lipinski definition) is 7. The molecule has 0 radical (unpaired) electrons. The lowest BCUT2D eigenvalue weighted by atomic mass is 10.3. The normalized spacial score (nSPS) is 11.1. The van der Waals surface area contributed by atoms with Crippen LogP contribution in [-0.2, 0) is 10.0 Å². The summed E-state index contributed by atoms with van der Waals surface area (Å²) in [4.78, 5) is 28.1. The van der Waals surface area contributed by atoms with Crippen LogP contribution in [0.2, 0.25) is 0 Å². The number of carbonyl (C=O) groups excluding carboxylic acids is 1. The van der Waals surface area contributed by atoms with Crippen molar-refractivity contribution in [1.82, 2.24) is 19.8 Å². The van der Waals surface area contributed by atoms with Gasteiger partial charge in [-0.25, -0.2) is 13.4 Å². The summed E-state index contributed by atoms with van der Waals surface area (Å²) in [5, 5.41) is 11.1. The maximum absolute atomic E-state index is 12.4. The zero-order valence-corrected chi connectivity index (χ0v) is 15.8. The first-order valence-corrected chi connectivity index (χ1v) is 9.54. The minimum absolute atomic E-state index is 0.0830. The number of nitrogens with zero attached hydrogens (tertiary/aromatic N) is 3. The number of sulfonamides is 1. The van der Waals surface area contributed by atoms with Gasteiger partial charge in [0.05, 0.1) is 29.5 Å². The van der Waals surface area contributed by atoms with Crippen molar-refractivity contribution in [3.05, 3.63) is 76.9 Å². The highest BCUT2D eigenvalue weighted by molar-refractivity contribution is 7.89. The molecule has 0 aliphatic rings. The number of amides is 1. The molecule has 0 fully saturated rings. The maximum Gasteiger partial charge on any atom is 0.312 e. The van der Waals surface area contributed by atoms with Gasteiger partial charge >= 0.3 is 5.69 Å². The van der Waals surface area contributed by atoms with Gasteiger partial charge in [0.15, 0.2) is 5.75 Å². The van der Waals surface area contributed by atoms with E-state index in [1.54, 1.807) is 24.3 Å². The molecule has 0 saturated carbocycles. The van der Waals surface area contributed by atoms with E-state index in [1.165, 1.54) is 24.2 Å². The van der Waals surface area contributed by atoms with Crippen molar-refractivity contribution in [2.75, 3.05) is 7.11 Å². The van der Waals surface area contributed by atoms with E-state index in [0.29, 0.717) is 5.69 Å². The molecule has 11 nitrogen and oxygen atoms in total. The number of imidazole rings is 1. The Morgan fingerprint density at radius 3 is 2.59 bits per heavy atom. The predicted octanol–water partition coefficient (Wildman–Crippen LogP) is 1.41. The fourth-order valence-electron chi connectivity index (χ4n) is 2.47. The molecule has 1 amide bonds. The van der Waals surface area contributed by atoms with Gasteiger partial charge in [0.2, 0.25) is 0 Å². The second kappa shape index (κ2) is 8.08. The van der Waals surface area contributed by atoms with Gasteiger partial charge in [-0.3, -0.25) is 24.9 Å². The number of benzene rings is 2. The molecule has 12 heteroatoms. The first kappa shape index (κ1) is 20.0. The SMILES string of the molecule is COc1ccc(S(=O)(=O)NNC(=O)c2cncn2-c2ccccc2)cc1[N+](=O)[O-]. The number of ether oxygens (including phenoxy) is 1. The summed E-state index contributed by atoms with van der Waals surface area (Å²) < 4.78 is 31.2. The van der Waals surface area contributed by atoms with E-state index < -0.39 is 31.4 Å². The molecule has 0 aliphatic heterocycles. The largest absolute Gasteiger partial charge is 0.490 e. The van der Waals surface area contributed by atoms with Gasteiger partial charge in [0.25, 0.3) is 15.9 Å². The predicted molar refractivity (Wildman–Crippen MR) is 101 cm³/mol. The lowest BCUT2D eigenvalue weighted by Crippen LogP contribution is -2.42. The van der Waals surface area contributed by atoms with Gasteiger partial charge in [-0.1, -0.05) is 18.2 Å². The first-order chi connectivity index (χ1) is 13.8. The Morgan fingerprint density at radius 2 is 1.93 bits per heavy atom. The molecule has 0 unspecified atom stereocenters. The Morgan fingerprint density at radius 1 is 1.21 bits per heavy atom. The number of rotatable bonds is 7. The molecular weight excluding hydrogens is 402 g/mol. The number of carbonyl (C=O) groups is 1. The van der Waals surface area contributed by atoms with Crippen molar-refractivity contribution in [3.63, 3.8) is 0 Å². The van der Waals surface area contributed by atoms with Gasteiger partial charge in [0, 0.05) is 11.8 Å². The molecule has 29 heavy (non-hydrogen) atoms. The summed E-state index contributed by atoms with van der Waals surface area (Å²) in [5.41, 5.74) is 2.29. The average molecular weight is 417 g/mol. The topological polar surface area (TPSA) is 145 Å². The van der Waals surface area contributed by atoms with Crippen molar-refractivity contribution in [2.45, 2.75) is 4.90 Å². The monoisotopic (exact) mass is 417 g/mol. The highest BCUT2D eigenvalue weighted by Gasteiger charge is 2.23. The molecule has 1 heterocycles. The first-order valence-electron chi connectivity index (χ1n) is 8.06. The minimum Gasteiger partial charge on any atom is -0.490 e.